The summed E-state index contributed by atoms with van der Waals surface area (Å²) in [4.78, 5) is -0.503. The van der Waals surface area contributed by atoms with Crippen molar-refractivity contribution in [3.8, 4) is 22.8 Å². The third kappa shape index (κ3) is 3.55. The van der Waals surface area contributed by atoms with Gasteiger partial charge in [0.15, 0.2) is 0 Å². The van der Waals surface area contributed by atoms with Gasteiger partial charge in [0.25, 0.3) is 0 Å². The number of primary sulfonamides is 1. The number of para-hydroxylation sites is 1. The molecule has 0 fully saturated rings. The van der Waals surface area contributed by atoms with E-state index in [1.54, 1.807) is 30.3 Å². The number of hydrogen-bond donors (Lipinski definition) is 1. The number of aromatic nitrogens is 2. The molecule has 0 atom stereocenters. The van der Waals surface area contributed by atoms with Gasteiger partial charge in [-0.2, -0.15) is 9.78 Å². The minimum Gasteiger partial charge on any atom is -0.457 e. The lowest BCUT2D eigenvalue weighted by Gasteiger charge is -2.17. The average molecular weight is 383 g/mol. The zero-order valence-corrected chi connectivity index (χ0v) is 13.8. The fourth-order valence-corrected chi connectivity index (χ4v) is 3.15. The first-order chi connectivity index (χ1) is 12.2. The highest BCUT2D eigenvalue weighted by Crippen LogP contribution is 2.40. The summed E-state index contributed by atoms with van der Waals surface area (Å²) in [5, 5.41) is 8.43. The van der Waals surface area contributed by atoms with Gasteiger partial charge in [-0.05, 0) is 30.3 Å². The molecular weight excluding hydrogens is 371 g/mol. The van der Waals surface area contributed by atoms with Gasteiger partial charge in [-0.25, -0.2) is 13.6 Å². The van der Waals surface area contributed by atoms with Crippen molar-refractivity contribution in [3.63, 3.8) is 0 Å². The molecule has 10 heteroatoms. The molecule has 1 heterocycles. The Labute approximate surface area is 146 Å². The zero-order valence-electron chi connectivity index (χ0n) is 13.0. The maximum Gasteiger partial charge on any atom is 0.505 e. The van der Waals surface area contributed by atoms with Crippen LogP contribution in [0.25, 0.3) is 11.3 Å². The molecule has 6 nitrogen and oxygen atoms in total. The predicted molar refractivity (Wildman–Crippen MR) is 86.9 cm³/mol. The molecule has 3 aromatic rings. The molecule has 0 unspecified atom stereocenters. The molecule has 0 spiro atoms. The molecule has 0 saturated carbocycles. The quantitative estimate of drug-likeness (QED) is 0.747. The van der Waals surface area contributed by atoms with Crippen molar-refractivity contribution < 1.29 is 26.3 Å². The fourth-order valence-electron chi connectivity index (χ4n) is 2.40. The van der Waals surface area contributed by atoms with Crippen LogP contribution in [0.4, 0.5) is 13.2 Å². The van der Waals surface area contributed by atoms with Crippen LogP contribution in [-0.2, 0) is 16.3 Å². The van der Waals surface area contributed by atoms with E-state index in [4.69, 9.17) is 9.88 Å². The molecule has 2 aromatic carbocycles. The number of rotatable bonds is 4. The number of sulfonamides is 1. The Morgan fingerprint density at radius 3 is 2.31 bits per heavy atom. The largest absolute Gasteiger partial charge is 0.505 e. The van der Waals surface area contributed by atoms with Gasteiger partial charge < -0.3 is 4.74 Å². The maximum atomic E-state index is 13.2. The molecule has 0 radical (unpaired) electrons. The molecule has 0 aliphatic rings. The highest BCUT2D eigenvalue weighted by atomic mass is 32.2. The van der Waals surface area contributed by atoms with Crippen molar-refractivity contribution in [2.45, 2.75) is 11.2 Å². The van der Waals surface area contributed by atoms with Crippen molar-refractivity contribution in [1.82, 2.24) is 9.78 Å². The van der Waals surface area contributed by atoms with E-state index in [1.807, 2.05) is 0 Å². The Bertz CT molecular complexity index is 1030. The molecule has 136 valence electrons. The Balaban J connectivity index is 2.27. The Morgan fingerprint density at radius 1 is 1.00 bits per heavy atom. The highest BCUT2D eigenvalue weighted by Gasteiger charge is 2.36. The molecule has 2 N–H and O–H groups in total. The highest BCUT2D eigenvalue weighted by molar-refractivity contribution is 7.89. The minimum atomic E-state index is -4.85. The summed E-state index contributed by atoms with van der Waals surface area (Å²) in [5.74, 6) is 0.215. The average Bonchev–Trinajstić information content (AvgIpc) is 3.04. The van der Waals surface area contributed by atoms with Crippen LogP contribution in [0, 0.1) is 0 Å². The second kappa shape index (κ2) is 6.46. The summed E-state index contributed by atoms with van der Waals surface area (Å²) in [6.07, 6.45) is -3.94. The summed E-state index contributed by atoms with van der Waals surface area (Å²) in [5.41, 5.74) is -0.832. The van der Waals surface area contributed by atoms with Crippen LogP contribution < -0.4 is 9.88 Å². The second-order valence-corrected chi connectivity index (χ2v) is 6.72. The van der Waals surface area contributed by atoms with Crippen LogP contribution in [0.1, 0.15) is 0 Å². The van der Waals surface area contributed by atoms with Crippen molar-refractivity contribution >= 4 is 10.0 Å². The first-order valence-corrected chi connectivity index (χ1v) is 8.73. The standard InChI is InChI=1S/C16H12F3N3O3S/c17-16(18,19)22-12(9-10-21-22)15-13(25-11-5-2-1-3-6-11)7-4-8-14(15)26(20,23)24/h1-10H,(H2,20,23,24). The van der Waals surface area contributed by atoms with Gasteiger partial charge in [0, 0.05) is 6.20 Å². The van der Waals surface area contributed by atoms with Crippen LogP contribution in [-0.4, -0.2) is 18.2 Å². The van der Waals surface area contributed by atoms with Gasteiger partial charge in [-0.3, -0.25) is 0 Å². The summed E-state index contributed by atoms with van der Waals surface area (Å²) in [7, 11) is -4.33. The molecule has 26 heavy (non-hydrogen) atoms. The summed E-state index contributed by atoms with van der Waals surface area (Å²) in [6, 6.07) is 13.0. The van der Waals surface area contributed by atoms with Crippen LogP contribution >= 0.6 is 0 Å². The first-order valence-electron chi connectivity index (χ1n) is 7.18. The molecule has 0 saturated heterocycles. The molecule has 3 rings (SSSR count). The van der Waals surface area contributed by atoms with Gasteiger partial charge >= 0.3 is 6.30 Å². The lowest BCUT2D eigenvalue weighted by molar-refractivity contribution is -0.211. The summed E-state index contributed by atoms with van der Waals surface area (Å²) < 4.78 is 68.9. The van der Waals surface area contributed by atoms with E-state index in [-0.39, 0.29) is 16.0 Å². The number of alkyl halides is 3. The van der Waals surface area contributed by atoms with Crippen molar-refractivity contribution in [2.24, 2.45) is 5.14 Å². The second-order valence-electron chi connectivity index (χ2n) is 5.19. The van der Waals surface area contributed by atoms with Gasteiger partial charge in [0.2, 0.25) is 10.0 Å². The van der Waals surface area contributed by atoms with Crippen LogP contribution in [0.5, 0.6) is 11.5 Å². The summed E-state index contributed by atoms with van der Waals surface area (Å²) >= 11 is 0. The molecule has 1 aromatic heterocycles. The van der Waals surface area contributed by atoms with E-state index in [9.17, 15) is 21.6 Å². The zero-order chi connectivity index (χ0) is 18.9. The number of ether oxygens (including phenoxy) is 1. The van der Waals surface area contributed by atoms with E-state index in [0.717, 1.165) is 18.3 Å². The van der Waals surface area contributed by atoms with Gasteiger partial charge in [-0.1, -0.05) is 24.3 Å². The van der Waals surface area contributed by atoms with E-state index in [0.29, 0.717) is 5.75 Å². The monoisotopic (exact) mass is 383 g/mol. The molecule has 0 aliphatic carbocycles. The number of nitrogens with zero attached hydrogens (tertiary/aromatic N) is 2. The van der Waals surface area contributed by atoms with E-state index in [2.05, 4.69) is 5.10 Å². The number of nitrogens with two attached hydrogens (primary N) is 1. The van der Waals surface area contributed by atoms with Crippen LogP contribution in [0.3, 0.4) is 0 Å². The lowest BCUT2D eigenvalue weighted by Crippen LogP contribution is -2.21. The third-order valence-electron chi connectivity index (χ3n) is 3.40. The van der Waals surface area contributed by atoms with E-state index in [1.165, 1.54) is 12.1 Å². The smallest absolute Gasteiger partial charge is 0.457 e. The molecular formula is C16H12F3N3O3S. The first kappa shape index (κ1) is 18.0. The predicted octanol–water partition coefficient (Wildman–Crippen LogP) is 3.47. The third-order valence-corrected chi connectivity index (χ3v) is 4.36. The van der Waals surface area contributed by atoms with E-state index < -0.39 is 26.9 Å². The van der Waals surface area contributed by atoms with Crippen molar-refractivity contribution in [2.75, 3.05) is 0 Å². The van der Waals surface area contributed by atoms with Crippen molar-refractivity contribution in [3.05, 3.63) is 60.8 Å². The SMILES string of the molecule is NS(=O)(=O)c1cccc(Oc2ccccc2)c1-c1ccnn1C(F)(F)F. The molecule has 0 bridgehead atoms. The number of halogens is 3. The van der Waals surface area contributed by atoms with Gasteiger partial charge in [0.05, 0.1) is 16.2 Å². The molecule has 0 amide bonds. The summed E-state index contributed by atoms with van der Waals surface area (Å²) in [6.45, 7) is 0. The minimum absolute atomic E-state index is 0.103. The topological polar surface area (TPSA) is 87.2 Å². The Morgan fingerprint density at radius 2 is 1.69 bits per heavy atom. The van der Waals surface area contributed by atoms with Crippen LogP contribution in [0.2, 0.25) is 0 Å². The Kier molecular flexibility index (Phi) is 4.46. The van der Waals surface area contributed by atoms with Crippen molar-refractivity contribution in [1.29, 1.82) is 0 Å². The van der Waals surface area contributed by atoms with Gasteiger partial charge in [-0.15, -0.1) is 13.2 Å². The normalized spacial score (nSPS) is 12.2. The van der Waals surface area contributed by atoms with Gasteiger partial charge in [0.1, 0.15) is 11.5 Å². The fraction of sp³-hybridized carbons (Fsp3) is 0.0625. The van der Waals surface area contributed by atoms with E-state index >= 15 is 0 Å². The number of hydrogen-bond acceptors (Lipinski definition) is 4. The lowest BCUT2D eigenvalue weighted by atomic mass is 10.1. The maximum absolute atomic E-state index is 13.2. The van der Waals surface area contributed by atoms with Crippen LogP contribution in [0.15, 0.2) is 65.7 Å². The number of benzene rings is 2. The Hall–Kier alpha value is -2.85. The molecule has 0 aliphatic heterocycles.